The number of nitrogens with zero attached hydrogens (tertiary/aromatic N) is 2. The van der Waals surface area contributed by atoms with Crippen molar-refractivity contribution in [2.75, 3.05) is 6.61 Å². The number of aryl methyl sites for hydroxylation is 1. The number of pyridine rings is 1. The number of halogens is 3. The van der Waals surface area contributed by atoms with Crippen molar-refractivity contribution in [1.29, 1.82) is 0 Å². The second-order valence-electron chi connectivity index (χ2n) is 8.08. The van der Waals surface area contributed by atoms with E-state index in [4.69, 9.17) is 4.74 Å². The van der Waals surface area contributed by atoms with Crippen molar-refractivity contribution >= 4 is 16.8 Å². The number of fused-ring (bicyclic) bond motifs is 2. The van der Waals surface area contributed by atoms with Crippen molar-refractivity contribution in [3.63, 3.8) is 0 Å². The Labute approximate surface area is 187 Å². The minimum atomic E-state index is -4.45. The Morgan fingerprint density at radius 1 is 1.12 bits per heavy atom. The topological polar surface area (TPSA) is 56.2 Å². The number of aromatic nitrogens is 2. The Morgan fingerprint density at radius 2 is 1.91 bits per heavy atom. The van der Waals surface area contributed by atoms with Crippen molar-refractivity contribution < 1.29 is 22.7 Å². The number of carbonyl (C=O) groups excluding carboxylic acids is 1. The number of alkyl halides is 3. The molecule has 0 spiro atoms. The minimum Gasteiger partial charge on any atom is -0.491 e. The van der Waals surface area contributed by atoms with Crippen molar-refractivity contribution in [1.82, 2.24) is 14.9 Å². The third kappa shape index (κ3) is 3.61. The molecule has 5 rings (SSSR count). The quantitative estimate of drug-likeness (QED) is 0.474. The Bertz CT molecular complexity index is 1350. The molecule has 0 unspecified atom stereocenters. The maximum absolute atomic E-state index is 13.4. The highest BCUT2D eigenvalue weighted by molar-refractivity contribution is 5.99. The Balaban J connectivity index is 1.59. The number of hydrogen-bond acceptors (Lipinski definition) is 3. The second kappa shape index (κ2) is 7.65. The maximum atomic E-state index is 13.4. The van der Waals surface area contributed by atoms with Crippen LogP contribution in [0.1, 0.15) is 33.6 Å². The highest BCUT2D eigenvalue weighted by Gasteiger charge is 2.43. The van der Waals surface area contributed by atoms with Crippen LogP contribution >= 0.6 is 0 Å². The second-order valence-corrected chi connectivity index (χ2v) is 8.08. The lowest BCUT2D eigenvalue weighted by Gasteiger charge is -2.39. The molecule has 1 atom stereocenters. The number of nitrogens with one attached hydrogen (secondary N) is 1. The number of carbonyl (C=O) groups is 1. The molecule has 4 aromatic rings. The lowest BCUT2D eigenvalue weighted by molar-refractivity contribution is -0.137. The SMILES string of the molecule is Cn1ccc2cc(C(=O)N[C@]3(c4ccc(C(F)(F)F)cc4)CCOc4cccnc43)ccc21. The minimum absolute atomic E-state index is 0.276. The number of ether oxygens (including phenoxy) is 1. The highest BCUT2D eigenvalue weighted by Crippen LogP contribution is 2.41. The molecule has 0 aliphatic carbocycles. The van der Waals surface area contributed by atoms with Gasteiger partial charge in [0, 0.05) is 42.3 Å². The standard InChI is InChI=1S/C25H20F3N3O2/c1-31-13-10-16-15-17(4-9-20(16)31)23(32)30-24(11-14-33-21-3-2-12-29-22(21)24)18-5-7-19(8-6-18)25(26,27)28/h2-10,12-13,15H,11,14H2,1H3,(H,30,32)/t24-/m0/s1. The Kier molecular flexibility index (Phi) is 4.88. The predicted octanol–water partition coefficient (Wildman–Crippen LogP) is 5.05. The first kappa shape index (κ1) is 21.1. The molecule has 33 heavy (non-hydrogen) atoms. The van der Waals surface area contributed by atoms with Crippen molar-refractivity contribution in [2.24, 2.45) is 7.05 Å². The zero-order valence-electron chi connectivity index (χ0n) is 17.7. The molecule has 0 saturated heterocycles. The molecule has 1 amide bonds. The van der Waals surface area contributed by atoms with Crippen LogP contribution in [0.4, 0.5) is 13.2 Å². The fourth-order valence-electron chi connectivity index (χ4n) is 4.37. The van der Waals surface area contributed by atoms with E-state index in [0.717, 1.165) is 23.0 Å². The predicted molar refractivity (Wildman–Crippen MR) is 117 cm³/mol. The van der Waals surface area contributed by atoms with E-state index in [1.165, 1.54) is 12.1 Å². The van der Waals surface area contributed by atoms with E-state index in [1.54, 1.807) is 30.5 Å². The molecule has 0 radical (unpaired) electrons. The van der Waals surface area contributed by atoms with Crippen molar-refractivity contribution in [2.45, 2.75) is 18.1 Å². The summed E-state index contributed by atoms with van der Waals surface area (Å²) in [6.45, 7) is 0.276. The lowest BCUT2D eigenvalue weighted by Crippen LogP contribution is -2.50. The van der Waals surface area contributed by atoms with E-state index in [9.17, 15) is 18.0 Å². The summed E-state index contributed by atoms with van der Waals surface area (Å²) in [7, 11) is 1.92. The van der Waals surface area contributed by atoms with Crippen LogP contribution in [0.25, 0.3) is 10.9 Å². The zero-order chi connectivity index (χ0) is 23.2. The van der Waals surface area contributed by atoms with Gasteiger partial charge in [0.2, 0.25) is 0 Å². The molecule has 2 aromatic heterocycles. The largest absolute Gasteiger partial charge is 0.491 e. The molecular formula is C25H20F3N3O2. The van der Waals surface area contributed by atoms with Gasteiger partial charge in [0.1, 0.15) is 17.0 Å². The molecular weight excluding hydrogens is 431 g/mol. The van der Waals surface area contributed by atoms with Crippen LogP contribution in [-0.4, -0.2) is 22.1 Å². The first-order valence-corrected chi connectivity index (χ1v) is 10.4. The van der Waals surface area contributed by atoms with Crippen LogP contribution in [0.15, 0.2) is 73.1 Å². The summed E-state index contributed by atoms with van der Waals surface area (Å²) >= 11 is 0. The molecule has 3 heterocycles. The van der Waals surface area contributed by atoms with E-state index in [0.29, 0.717) is 29.0 Å². The van der Waals surface area contributed by atoms with Gasteiger partial charge in [-0.05, 0) is 54.1 Å². The van der Waals surface area contributed by atoms with Gasteiger partial charge in [0.15, 0.2) is 0 Å². The number of rotatable bonds is 3. The fourth-order valence-corrected chi connectivity index (χ4v) is 4.37. The van der Waals surface area contributed by atoms with E-state index in [2.05, 4.69) is 10.3 Å². The third-order valence-electron chi connectivity index (χ3n) is 6.09. The molecule has 1 aliphatic heterocycles. The van der Waals surface area contributed by atoms with Crippen LogP contribution in [0.5, 0.6) is 5.75 Å². The summed E-state index contributed by atoms with van der Waals surface area (Å²) in [5.41, 5.74) is 0.515. The monoisotopic (exact) mass is 451 g/mol. The summed E-state index contributed by atoms with van der Waals surface area (Å²) in [4.78, 5) is 17.9. The van der Waals surface area contributed by atoms with Gasteiger partial charge in [-0.1, -0.05) is 12.1 Å². The van der Waals surface area contributed by atoms with E-state index < -0.39 is 17.3 Å². The lowest BCUT2D eigenvalue weighted by atomic mass is 9.80. The van der Waals surface area contributed by atoms with Crippen LogP contribution in [0.3, 0.4) is 0 Å². The van der Waals surface area contributed by atoms with Gasteiger partial charge in [-0.2, -0.15) is 13.2 Å². The molecule has 0 fully saturated rings. The summed E-state index contributed by atoms with van der Waals surface area (Å²) in [5.74, 6) is 0.140. The number of benzene rings is 2. The summed E-state index contributed by atoms with van der Waals surface area (Å²) in [5, 5.41) is 4.00. The number of amides is 1. The highest BCUT2D eigenvalue weighted by atomic mass is 19.4. The van der Waals surface area contributed by atoms with Gasteiger partial charge in [-0.3, -0.25) is 9.78 Å². The molecule has 1 aliphatic rings. The summed E-state index contributed by atoms with van der Waals surface area (Å²) in [6.07, 6.45) is -0.642. The normalized spacial score (nSPS) is 17.9. The van der Waals surface area contributed by atoms with Gasteiger partial charge in [-0.25, -0.2) is 0 Å². The van der Waals surface area contributed by atoms with Crippen LogP contribution < -0.4 is 10.1 Å². The fraction of sp³-hybridized carbons (Fsp3) is 0.200. The van der Waals surface area contributed by atoms with E-state index in [1.807, 2.05) is 29.9 Å². The van der Waals surface area contributed by atoms with E-state index >= 15 is 0 Å². The van der Waals surface area contributed by atoms with Crippen molar-refractivity contribution in [3.05, 3.63) is 95.4 Å². The molecule has 2 aromatic carbocycles. The van der Waals surface area contributed by atoms with Gasteiger partial charge in [0.05, 0.1) is 12.2 Å². The van der Waals surface area contributed by atoms with E-state index in [-0.39, 0.29) is 12.5 Å². The smallest absolute Gasteiger partial charge is 0.416 e. The third-order valence-corrected chi connectivity index (χ3v) is 6.09. The van der Waals surface area contributed by atoms with Crippen molar-refractivity contribution in [3.8, 4) is 5.75 Å². The average Bonchev–Trinajstić information content (AvgIpc) is 3.19. The molecule has 168 valence electrons. The van der Waals surface area contributed by atoms with Gasteiger partial charge < -0.3 is 14.6 Å². The first-order chi connectivity index (χ1) is 15.8. The molecule has 0 bridgehead atoms. The van der Waals surface area contributed by atoms with Gasteiger partial charge in [0.25, 0.3) is 5.91 Å². The summed E-state index contributed by atoms with van der Waals surface area (Å²) in [6, 6.07) is 15.6. The zero-order valence-corrected chi connectivity index (χ0v) is 17.7. The average molecular weight is 451 g/mol. The first-order valence-electron chi connectivity index (χ1n) is 10.4. The van der Waals surface area contributed by atoms with Crippen LogP contribution in [0, 0.1) is 0 Å². The van der Waals surface area contributed by atoms with Crippen LogP contribution in [0.2, 0.25) is 0 Å². The molecule has 8 heteroatoms. The molecule has 5 nitrogen and oxygen atoms in total. The molecule has 1 N–H and O–H groups in total. The Morgan fingerprint density at radius 3 is 2.67 bits per heavy atom. The number of hydrogen-bond donors (Lipinski definition) is 1. The maximum Gasteiger partial charge on any atom is 0.416 e. The van der Waals surface area contributed by atoms with Gasteiger partial charge in [-0.15, -0.1) is 0 Å². The summed E-state index contributed by atoms with van der Waals surface area (Å²) < 4.78 is 47.1. The van der Waals surface area contributed by atoms with Crippen LogP contribution in [-0.2, 0) is 18.8 Å². The Hall–Kier alpha value is -3.81. The molecule has 0 saturated carbocycles. The van der Waals surface area contributed by atoms with Gasteiger partial charge >= 0.3 is 6.18 Å².